The maximum absolute atomic E-state index is 10.3. The van der Waals surface area contributed by atoms with E-state index in [4.69, 9.17) is 0 Å². The Bertz CT molecular complexity index is 467. The van der Waals surface area contributed by atoms with Crippen molar-refractivity contribution in [3.63, 3.8) is 0 Å². The van der Waals surface area contributed by atoms with E-state index in [0.717, 1.165) is 25.9 Å². The Balaban J connectivity index is 1.68. The summed E-state index contributed by atoms with van der Waals surface area (Å²) >= 11 is 0. The molecule has 1 aliphatic heterocycles. The number of nitrogens with zero attached hydrogens (tertiary/aromatic N) is 3. The van der Waals surface area contributed by atoms with Crippen molar-refractivity contribution in [3.05, 3.63) is 30.1 Å². The van der Waals surface area contributed by atoms with Gasteiger partial charge in [-0.25, -0.2) is 0 Å². The minimum Gasteiger partial charge on any atom is -0.391 e. The summed E-state index contributed by atoms with van der Waals surface area (Å²) in [5.41, 5.74) is 1.32. The summed E-state index contributed by atoms with van der Waals surface area (Å²) in [4.78, 5) is 9.16. The molecule has 2 unspecified atom stereocenters. The topological polar surface area (TPSA) is 39.6 Å². The summed E-state index contributed by atoms with van der Waals surface area (Å²) in [6.07, 6.45) is 9.47. The molecule has 4 heteroatoms. The summed E-state index contributed by atoms with van der Waals surface area (Å²) in [6.45, 7) is 2.21. The van der Waals surface area contributed by atoms with Crippen LogP contribution in [0.15, 0.2) is 24.5 Å². The highest BCUT2D eigenvalue weighted by molar-refractivity contribution is 5.17. The fourth-order valence-corrected chi connectivity index (χ4v) is 4.41. The van der Waals surface area contributed by atoms with Gasteiger partial charge >= 0.3 is 0 Å². The number of hydrogen-bond donors (Lipinski definition) is 1. The first-order valence-electron chi connectivity index (χ1n) is 8.65. The Morgan fingerprint density at radius 1 is 1.32 bits per heavy atom. The lowest BCUT2D eigenvalue weighted by molar-refractivity contribution is 0.0233. The molecule has 0 bridgehead atoms. The second-order valence-electron chi connectivity index (χ2n) is 7.12. The van der Waals surface area contributed by atoms with Crippen molar-refractivity contribution in [1.29, 1.82) is 0 Å². The van der Waals surface area contributed by atoms with Crippen molar-refractivity contribution in [3.8, 4) is 0 Å². The van der Waals surface area contributed by atoms with Gasteiger partial charge in [-0.05, 0) is 57.5 Å². The van der Waals surface area contributed by atoms with Crippen LogP contribution < -0.4 is 0 Å². The SMILES string of the molecule is CN(C[C@@H]1CCN(C)[C@H]1c1cccnc1)C1CCCCC1O. The molecule has 1 saturated carbocycles. The summed E-state index contributed by atoms with van der Waals surface area (Å²) < 4.78 is 0. The molecule has 0 aromatic carbocycles. The van der Waals surface area contributed by atoms with Gasteiger partial charge in [0.1, 0.15) is 0 Å². The number of likely N-dealkylation sites (tertiary alicyclic amines) is 1. The highest BCUT2D eigenvalue weighted by atomic mass is 16.3. The number of rotatable bonds is 4. The van der Waals surface area contributed by atoms with Crippen molar-refractivity contribution < 1.29 is 5.11 Å². The number of aliphatic hydroxyl groups is 1. The Kier molecular flexibility index (Phi) is 5.11. The van der Waals surface area contributed by atoms with Crippen molar-refractivity contribution in [2.24, 2.45) is 5.92 Å². The van der Waals surface area contributed by atoms with E-state index in [2.05, 4.69) is 34.9 Å². The molecule has 1 aromatic rings. The molecule has 1 aromatic heterocycles. The summed E-state index contributed by atoms with van der Waals surface area (Å²) in [5.74, 6) is 0.619. The fraction of sp³-hybridized carbons (Fsp3) is 0.722. The lowest BCUT2D eigenvalue weighted by Gasteiger charge is -2.37. The Morgan fingerprint density at radius 3 is 2.86 bits per heavy atom. The number of pyridine rings is 1. The zero-order chi connectivity index (χ0) is 15.5. The first kappa shape index (κ1) is 15.9. The monoisotopic (exact) mass is 303 g/mol. The van der Waals surface area contributed by atoms with E-state index in [-0.39, 0.29) is 6.10 Å². The van der Waals surface area contributed by atoms with E-state index in [1.54, 1.807) is 0 Å². The maximum Gasteiger partial charge on any atom is 0.0695 e. The molecule has 22 heavy (non-hydrogen) atoms. The second-order valence-corrected chi connectivity index (χ2v) is 7.12. The van der Waals surface area contributed by atoms with Crippen LogP contribution in [0.3, 0.4) is 0 Å². The molecule has 4 nitrogen and oxygen atoms in total. The van der Waals surface area contributed by atoms with Gasteiger partial charge in [0, 0.05) is 31.0 Å². The lowest BCUT2D eigenvalue weighted by Crippen LogP contribution is -2.45. The molecule has 2 aliphatic rings. The first-order chi connectivity index (χ1) is 10.7. The van der Waals surface area contributed by atoms with Gasteiger partial charge in [-0.3, -0.25) is 9.88 Å². The van der Waals surface area contributed by atoms with Crippen molar-refractivity contribution in [2.75, 3.05) is 27.2 Å². The Morgan fingerprint density at radius 2 is 2.14 bits per heavy atom. The minimum atomic E-state index is -0.144. The highest BCUT2D eigenvalue weighted by Crippen LogP contribution is 2.37. The third-order valence-electron chi connectivity index (χ3n) is 5.58. The van der Waals surface area contributed by atoms with E-state index < -0.39 is 0 Å². The Labute approximate surface area is 134 Å². The van der Waals surface area contributed by atoms with Gasteiger partial charge in [-0.1, -0.05) is 18.9 Å². The number of aliphatic hydroxyl groups excluding tert-OH is 1. The van der Waals surface area contributed by atoms with E-state index in [9.17, 15) is 5.11 Å². The average Bonchev–Trinajstić information content (AvgIpc) is 2.89. The molecule has 1 N–H and O–H groups in total. The maximum atomic E-state index is 10.3. The molecule has 1 saturated heterocycles. The van der Waals surface area contributed by atoms with Crippen LogP contribution in [0.2, 0.25) is 0 Å². The van der Waals surface area contributed by atoms with Crippen LogP contribution >= 0.6 is 0 Å². The number of hydrogen-bond acceptors (Lipinski definition) is 4. The van der Waals surface area contributed by atoms with Gasteiger partial charge in [-0.2, -0.15) is 0 Å². The van der Waals surface area contributed by atoms with Crippen molar-refractivity contribution >= 4 is 0 Å². The van der Waals surface area contributed by atoms with Crippen LogP contribution in [0.1, 0.15) is 43.7 Å². The molecule has 0 radical (unpaired) electrons. The molecule has 0 amide bonds. The van der Waals surface area contributed by atoms with E-state index >= 15 is 0 Å². The zero-order valence-electron chi connectivity index (χ0n) is 13.9. The highest BCUT2D eigenvalue weighted by Gasteiger charge is 2.36. The third kappa shape index (κ3) is 3.34. The fourth-order valence-electron chi connectivity index (χ4n) is 4.41. The van der Waals surface area contributed by atoms with E-state index in [1.807, 2.05) is 18.5 Å². The van der Waals surface area contributed by atoms with Crippen LogP contribution in [-0.2, 0) is 0 Å². The van der Waals surface area contributed by atoms with Gasteiger partial charge < -0.3 is 10.0 Å². The molecule has 2 fully saturated rings. The third-order valence-corrected chi connectivity index (χ3v) is 5.58. The normalized spacial score (nSPS) is 33.5. The van der Waals surface area contributed by atoms with Gasteiger partial charge in [0.25, 0.3) is 0 Å². The van der Waals surface area contributed by atoms with Crippen molar-refractivity contribution in [1.82, 2.24) is 14.8 Å². The summed E-state index contributed by atoms with van der Waals surface area (Å²) in [6, 6.07) is 5.03. The van der Waals surface area contributed by atoms with E-state index in [1.165, 1.54) is 24.8 Å². The van der Waals surface area contributed by atoms with Crippen LogP contribution in [0.25, 0.3) is 0 Å². The molecule has 1 aliphatic carbocycles. The predicted octanol–water partition coefficient (Wildman–Crippen LogP) is 2.31. The number of aromatic nitrogens is 1. The van der Waals surface area contributed by atoms with Gasteiger partial charge in [0.05, 0.1) is 6.10 Å². The Hall–Kier alpha value is -0.970. The standard InChI is InChI=1S/C18H29N3O/c1-20-11-9-15(18(20)14-6-5-10-19-12-14)13-21(2)16-7-3-4-8-17(16)22/h5-6,10,12,15-18,22H,3-4,7-9,11,13H2,1-2H3/t15-,16?,17?,18-/m0/s1. The minimum absolute atomic E-state index is 0.144. The van der Waals surface area contributed by atoms with Crippen LogP contribution in [0.4, 0.5) is 0 Å². The van der Waals surface area contributed by atoms with Gasteiger partial charge in [0.2, 0.25) is 0 Å². The molecular formula is C18H29N3O. The first-order valence-corrected chi connectivity index (χ1v) is 8.65. The van der Waals surface area contributed by atoms with Crippen LogP contribution in [0.5, 0.6) is 0 Å². The second kappa shape index (κ2) is 7.07. The summed E-state index contributed by atoms with van der Waals surface area (Å²) in [5, 5.41) is 10.3. The zero-order valence-corrected chi connectivity index (χ0v) is 13.9. The quantitative estimate of drug-likeness (QED) is 0.926. The van der Waals surface area contributed by atoms with Gasteiger partial charge in [0.15, 0.2) is 0 Å². The largest absolute Gasteiger partial charge is 0.391 e. The van der Waals surface area contributed by atoms with Crippen LogP contribution in [0, 0.1) is 5.92 Å². The molecule has 122 valence electrons. The molecule has 2 heterocycles. The van der Waals surface area contributed by atoms with Crippen LogP contribution in [-0.4, -0.2) is 59.2 Å². The van der Waals surface area contributed by atoms with Crippen molar-refractivity contribution in [2.45, 2.75) is 50.3 Å². The molecule has 0 spiro atoms. The number of likely N-dealkylation sites (N-methyl/N-ethyl adjacent to an activating group) is 1. The molecular weight excluding hydrogens is 274 g/mol. The average molecular weight is 303 g/mol. The summed E-state index contributed by atoms with van der Waals surface area (Å²) in [7, 11) is 4.41. The lowest BCUT2D eigenvalue weighted by atomic mass is 9.89. The predicted molar refractivity (Wildman–Crippen MR) is 88.6 cm³/mol. The molecule has 4 atom stereocenters. The van der Waals surface area contributed by atoms with Gasteiger partial charge in [-0.15, -0.1) is 0 Å². The molecule has 3 rings (SSSR count). The van der Waals surface area contributed by atoms with E-state index in [0.29, 0.717) is 18.0 Å². The smallest absolute Gasteiger partial charge is 0.0695 e.